The number of benzene rings is 3. The minimum atomic E-state index is -4.63. The number of methoxy groups -OCH3 is 1. The maximum absolute atomic E-state index is 14.2. The third-order valence-corrected chi connectivity index (χ3v) is 9.01. The van der Waals surface area contributed by atoms with E-state index in [0.717, 1.165) is 10.4 Å². The molecule has 0 aliphatic rings. The van der Waals surface area contributed by atoms with Gasteiger partial charge in [0.15, 0.2) is 0 Å². The van der Waals surface area contributed by atoms with E-state index < -0.39 is 49.9 Å². The van der Waals surface area contributed by atoms with Gasteiger partial charge in [-0.15, -0.1) is 0 Å². The van der Waals surface area contributed by atoms with Crippen LogP contribution in [0.25, 0.3) is 0 Å². The summed E-state index contributed by atoms with van der Waals surface area (Å²) in [6, 6.07) is 13.4. The molecule has 1 unspecified atom stereocenters. The lowest BCUT2D eigenvalue weighted by Crippen LogP contribution is -2.51. The van der Waals surface area contributed by atoms with Gasteiger partial charge < -0.3 is 15.0 Å². The molecule has 44 heavy (non-hydrogen) atoms. The van der Waals surface area contributed by atoms with E-state index in [4.69, 9.17) is 27.9 Å². The second kappa shape index (κ2) is 14.7. The zero-order valence-electron chi connectivity index (χ0n) is 24.9. The van der Waals surface area contributed by atoms with Crippen LogP contribution in [0.1, 0.15) is 31.9 Å². The largest absolute Gasteiger partial charge is 0.495 e. The molecule has 3 rings (SSSR count). The van der Waals surface area contributed by atoms with E-state index in [1.807, 2.05) is 13.8 Å². The number of halogens is 2. The first-order valence-corrected chi connectivity index (χ1v) is 15.8. The van der Waals surface area contributed by atoms with Crippen molar-refractivity contribution in [1.29, 1.82) is 0 Å². The zero-order valence-corrected chi connectivity index (χ0v) is 27.2. The van der Waals surface area contributed by atoms with Crippen molar-refractivity contribution in [3.63, 3.8) is 0 Å². The summed E-state index contributed by atoms with van der Waals surface area (Å²) in [5.41, 5.74) is 0.428. The van der Waals surface area contributed by atoms with Gasteiger partial charge in [0, 0.05) is 34.8 Å². The number of aryl methyl sites for hydroxylation is 1. The Morgan fingerprint density at radius 1 is 1.00 bits per heavy atom. The zero-order chi connectivity index (χ0) is 32.8. The number of rotatable bonds is 13. The highest BCUT2D eigenvalue weighted by Gasteiger charge is 2.35. The number of sulfonamides is 1. The van der Waals surface area contributed by atoms with E-state index in [2.05, 4.69) is 5.32 Å². The summed E-state index contributed by atoms with van der Waals surface area (Å²) in [4.78, 5) is 39.0. The first-order chi connectivity index (χ1) is 20.6. The summed E-state index contributed by atoms with van der Waals surface area (Å²) in [7, 11) is -3.30. The van der Waals surface area contributed by atoms with Crippen molar-refractivity contribution in [3.05, 3.63) is 92.0 Å². The molecular formula is C30H34Cl2N4O7S. The molecule has 3 aromatic rings. The van der Waals surface area contributed by atoms with Gasteiger partial charge in [0.1, 0.15) is 18.3 Å². The predicted octanol–water partition coefficient (Wildman–Crippen LogP) is 5.60. The van der Waals surface area contributed by atoms with Crippen molar-refractivity contribution in [1.82, 2.24) is 10.2 Å². The molecular weight excluding hydrogens is 631 g/mol. The number of nitrogens with zero attached hydrogens (tertiary/aromatic N) is 3. The molecule has 236 valence electrons. The van der Waals surface area contributed by atoms with Gasteiger partial charge in [-0.2, -0.15) is 0 Å². The van der Waals surface area contributed by atoms with Gasteiger partial charge in [0.2, 0.25) is 11.8 Å². The Kier molecular flexibility index (Phi) is 11.6. The van der Waals surface area contributed by atoms with Gasteiger partial charge in [-0.1, -0.05) is 55.2 Å². The molecule has 11 nitrogen and oxygen atoms in total. The second-order valence-electron chi connectivity index (χ2n) is 10.5. The molecule has 1 atom stereocenters. The third kappa shape index (κ3) is 8.40. The number of amides is 2. The van der Waals surface area contributed by atoms with Crippen molar-refractivity contribution in [2.24, 2.45) is 5.92 Å². The van der Waals surface area contributed by atoms with Crippen LogP contribution in [0.3, 0.4) is 0 Å². The molecule has 0 aromatic heterocycles. The van der Waals surface area contributed by atoms with Gasteiger partial charge >= 0.3 is 0 Å². The highest BCUT2D eigenvalue weighted by Crippen LogP contribution is 2.36. The molecule has 0 saturated carbocycles. The molecule has 0 aliphatic heterocycles. The van der Waals surface area contributed by atoms with Crippen LogP contribution >= 0.6 is 23.2 Å². The molecule has 0 fully saturated rings. The molecule has 1 N–H and O–H groups in total. The van der Waals surface area contributed by atoms with Crippen molar-refractivity contribution >= 4 is 56.4 Å². The Balaban J connectivity index is 2.14. The molecule has 14 heteroatoms. The van der Waals surface area contributed by atoms with E-state index in [9.17, 15) is 28.1 Å². The van der Waals surface area contributed by atoms with Crippen LogP contribution in [0.5, 0.6) is 5.75 Å². The highest BCUT2D eigenvalue weighted by atomic mass is 35.5. The molecule has 0 heterocycles. The fraction of sp³-hybridized carbons (Fsp3) is 0.333. The molecule has 0 bridgehead atoms. The molecule has 2 amide bonds. The number of nitro groups is 1. The van der Waals surface area contributed by atoms with E-state index in [1.54, 1.807) is 31.2 Å². The quantitative estimate of drug-likeness (QED) is 0.185. The fourth-order valence-electron chi connectivity index (χ4n) is 4.27. The van der Waals surface area contributed by atoms with Crippen LogP contribution in [-0.2, 0) is 26.2 Å². The maximum atomic E-state index is 14.2. The van der Waals surface area contributed by atoms with E-state index in [-0.39, 0.29) is 34.5 Å². The monoisotopic (exact) mass is 664 g/mol. The molecule has 0 spiro atoms. The summed E-state index contributed by atoms with van der Waals surface area (Å²) in [6.45, 7) is 6.44. The minimum absolute atomic E-state index is 0.0388. The smallest absolute Gasteiger partial charge is 0.273 e. The first-order valence-electron chi connectivity index (χ1n) is 13.6. The van der Waals surface area contributed by atoms with Crippen LogP contribution in [-0.4, -0.2) is 56.3 Å². The molecule has 0 radical (unpaired) electrons. The van der Waals surface area contributed by atoms with Gasteiger partial charge in [-0.25, -0.2) is 8.42 Å². The number of hydrogen-bond acceptors (Lipinski definition) is 7. The van der Waals surface area contributed by atoms with Crippen LogP contribution in [0, 0.1) is 23.0 Å². The summed E-state index contributed by atoms with van der Waals surface area (Å²) in [6.07, 6.45) is 0. The predicted molar refractivity (Wildman–Crippen MR) is 170 cm³/mol. The van der Waals surface area contributed by atoms with Crippen molar-refractivity contribution < 1.29 is 27.7 Å². The number of carbonyl (C=O) groups is 2. The van der Waals surface area contributed by atoms with Crippen molar-refractivity contribution in [2.75, 3.05) is 24.5 Å². The lowest BCUT2D eigenvalue weighted by atomic mass is 10.1. The van der Waals surface area contributed by atoms with Crippen molar-refractivity contribution in [2.45, 2.75) is 45.2 Å². The van der Waals surface area contributed by atoms with E-state index in [1.165, 1.54) is 49.3 Å². The lowest BCUT2D eigenvalue weighted by Gasteiger charge is -2.32. The van der Waals surface area contributed by atoms with Gasteiger partial charge in [0.25, 0.3) is 15.7 Å². The third-order valence-electron chi connectivity index (χ3n) is 6.77. The Morgan fingerprint density at radius 2 is 1.64 bits per heavy atom. The number of nitro benzene ring substituents is 1. The second-order valence-corrected chi connectivity index (χ2v) is 13.2. The van der Waals surface area contributed by atoms with E-state index >= 15 is 0 Å². The highest BCUT2D eigenvalue weighted by molar-refractivity contribution is 7.92. The summed E-state index contributed by atoms with van der Waals surface area (Å²) < 4.78 is 34.5. The Labute approximate surface area is 266 Å². The number of hydrogen-bond donors (Lipinski definition) is 1. The van der Waals surface area contributed by atoms with Crippen molar-refractivity contribution in [3.8, 4) is 5.75 Å². The van der Waals surface area contributed by atoms with Crippen LogP contribution in [0.15, 0.2) is 65.6 Å². The average molecular weight is 666 g/mol. The van der Waals surface area contributed by atoms with Crippen LogP contribution in [0.4, 0.5) is 11.4 Å². The summed E-state index contributed by atoms with van der Waals surface area (Å²) >= 11 is 12.3. The van der Waals surface area contributed by atoms with Crippen LogP contribution < -0.4 is 14.4 Å². The number of anilines is 1. The normalized spacial score (nSPS) is 12.0. The van der Waals surface area contributed by atoms with Crippen LogP contribution in [0.2, 0.25) is 10.0 Å². The fourth-order valence-corrected chi connectivity index (χ4v) is 6.00. The number of nitrogens with one attached hydrogen (secondary N) is 1. The van der Waals surface area contributed by atoms with Gasteiger partial charge in [-0.05, 0) is 61.7 Å². The topological polar surface area (TPSA) is 139 Å². The SMILES string of the molecule is COc1ccc(Cl)cc1N(CC(=O)N(Cc1ccc(Cl)cc1)C(C)C(=O)NCC(C)C)S(=O)(=O)c1ccc(C)c([N+](=O)[O-])c1. The summed E-state index contributed by atoms with van der Waals surface area (Å²) in [5.74, 6) is -0.912. The lowest BCUT2D eigenvalue weighted by molar-refractivity contribution is -0.385. The Bertz CT molecular complexity index is 1630. The Hall–Kier alpha value is -3.87. The van der Waals surface area contributed by atoms with E-state index in [0.29, 0.717) is 17.1 Å². The average Bonchev–Trinajstić information content (AvgIpc) is 2.97. The number of carbonyl (C=O) groups excluding carboxylic acids is 2. The first kappa shape index (κ1) is 34.6. The van der Waals surface area contributed by atoms with Gasteiger partial charge in [0.05, 0.1) is 22.6 Å². The minimum Gasteiger partial charge on any atom is -0.495 e. The number of ether oxygens (including phenoxy) is 1. The molecule has 0 saturated heterocycles. The maximum Gasteiger partial charge on any atom is 0.273 e. The van der Waals surface area contributed by atoms with Gasteiger partial charge in [-0.3, -0.25) is 24.0 Å². The molecule has 0 aliphatic carbocycles. The standard InChI is InChI=1S/C30H34Cl2N4O7S/c1-19(2)16-33-30(38)21(4)34(17-22-7-9-23(31)10-8-22)29(37)18-35(27-14-24(32)11-13-28(27)43-5)44(41,42)25-12-6-20(3)26(15-25)36(39)40/h6-15,19,21H,16-18H2,1-5H3,(H,33,38). The summed E-state index contributed by atoms with van der Waals surface area (Å²) in [5, 5.41) is 15.1. The molecule has 3 aromatic carbocycles. The Morgan fingerprint density at radius 3 is 2.23 bits per heavy atom.